The number of aromatic nitrogens is 1. The van der Waals surface area contributed by atoms with Crippen LogP contribution in [0.15, 0.2) is 99.7 Å². The van der Waals surface area contributed by atoms with Crippen LogP contribution in [0.5, 0.6) is 0 Å². The number of urea groups is 1. The molecule has 0 saturated carbocycles. The minimum Gasteiger partial charge on any atom is -0.322 e. The van der Waals surface area contributed by atoms with Crippen molar-refractivity contribution in [3.8, 4) is 0 Å². The monoisotopic (exact) mass is 649 g/mol. The molecule has 0 radical (unpaired) electrons. The Balaban J connectivity index is 1.24. The smallest absolute Gasteiger partial charge is 0.322 e. The third kappa shape index (κ3) is 6.14. The molecular weight excluding hydrogens is 627 g/mol. The number of hydrogen-bond donors (Lipinski definition) is 2. The molecule has 5 amide bonds. The Morgan fingerprint density at radius 2 is 1.76 bits per heavy atom. The standard InChI is InChI=1S/C33H23N5O6S2/c1-18-7-11-22(12-8-18)37-31(41)24(30(40)36-32(37)42)15-20-9-14-27(26(16-20)38(43)44)45-33-35-25-13-10-21(17-28(25)46-33)34-29(39)23-6-4-3-5-19(23)2/h3-17H,1-2H3,(H,34,39)(H,36,40,42)/b24-15+. The summed E-state index contributed by atoms with van der Waals surface area (Å²) >= 11 is 2.42. The highest BCUT2D eigenvalue weighted by atomic mass is 32.2. The number of thiazole rings is 1. The van der Waals surface area contributed by atoms with Gasteiger partial charge in [0, 0.05) is 17.3 Å². The van der Waals surface area contributed by atoms with Gasteiger partial charge in [-0.3, -0.25) is 29.8 Å². The molecule has 13 heteroatoms. The van der Waals surface area contributed by atoms with Crippen LogP contribution in [0.3, 0.4) is 0 Å². The number of aryl methyl sites for hydroxylation is 2. The third-order valence-corrected chi connectivity index (χ3v) is 9.24. The molecule has 4 aromatic carbocycles. The maximum atomic E-state index is 13.2. The van der Waals surface area contributed by atoms with Crippen molar-refractivity contribution in [1.82, 2.24) is 10.3 Å². The highest BCUT2D eigenvalue weighted by Crippen LogP contribution is 2.40. The van der Waals surface area contributed by atoms with Gasteiger partial charge in [0.25, 0.3) is 23.4 Å². The number of carbonyl (C=O) groups is 4. The van der Waals surface area contributed by atoms with E-state index in [9.17, 15) is 29.3 Å². The van der Waals surface area contributed by atoms with E-state index < -0.39 is 22.8 Å². The fourth-order valence-corrected chi connectivity index (χ4v) is 6.90. The van der Waals surface area contributed by atoms with Crippen LogP contribution in [0.1, 0.15) is 27.0 Å². The van der Waals surface area contributed by atoms with E-state index in [2.05, 4.69) is 15.6 Å². The van der Waals surface area contributed by atoms with Gasteiger partial charge in [0.2, 0.25) is 0 Å². The third-order valence-electron chi connectivity index (χ3n) is 7.10. The predicted octanol–water partition coefficient (Wildman–Crippen LogP) is 6.89. The van der Waals surface area contributed by atoms with Crippen molar-refractivity contribution < 1.29 is 24.1 Å². The lowest BCUT2D eigenvalue weighted by Crippen LogP contribution is -2.54. The van der Waals surface area contributed by atoms with E-state index in [0.29, 0.717) is 26.0 Å². The van der Waals surface area contributed by atoms with E-state index in [1.165, 1.54) is 29.5 Å². The number of rotatable bonds is 7. The molecule has 0 unspecified atom stereocenters. The first-order valence-electron chi connectivity index (χ1n) is 13.8. The SMILES string of the molecule is Cc1ccc(N2C(=O)NC(=O)/C(=C\c3ccc(Sc4nc5ccc(NC(=O)c6ccccc6C)cc5s4)c([N+](=O)[O-])c3)C2=O)cc1. The van der Waals surface area contributed by atoms with Crippen LogP contribution in [0.2, 0.25) is 0 Å². The van der Waals surface area contributed by atoms with Crippen molar-refractivity contribution in [3.63, 3.8) is 0 Å². The summed E-state index contributed by atoms with van der Waals surface area (Å²) in [4.78, 5) is 68.3. The summed E-state index contributed by atoms with van der Waals surface area (Å²) in [6, 6.07) is 22.6. The van der Waals surface area contributed by atoms with Gasteiger partial charge in [-0.05, 0) is 73.5 Å². The zero-order chi connectivity index (χ0) is 32.5. The first-order valence-corrected chi connectivity index (χ1v) is 15.4. The minimum atomic E-state index is -0.900. The molecule has 46 heavy (non-hydrogen) atoms. The zero-order valence-corrected chi connectivity index (χ0v) is 25.9. The fourth-order valence-electron chi connectivity index (χ4n) is 4.75. The van der Waals surface area contributed by atoms with Gasteiger partial charge in [-0.15, -0.1) is 11.3 Å². The maximum absolute atomic E-state index is 13.2. The second kappa shape index (κ2) is 12.4. The molecule has 228 valence electrons. The van der Waals surface area contributed by atoms with Gasteiger partial charge < -0.3 is 5.32 Å². The average molecular weight is 650 g/mol. The Hall–Kier alpha value is -5.66. The number of imide groups is 2. The van der Waals surface area contributed by atoms with Crippen LogP contribution in [-0.2, 0) is 9.59 Å². The molecule has 11 nitrogen and oxygen atoms in total. The Morgan fingerprint density at radius 1 is 1.00 bits per heavy atom. The normalized spacial score (nSPS) is 14.1. The molecule has 6 rings (SSSR count). The van der Waals surface area contributed by atoms with E-state index >= 15 is 0 Å². The van der Waals surface area contributed by atoms with Crippen molar-refractivity contribution in [3.05, 3.63) is 123 Å². The van der Waals surface area contributed by atoms with Crippen molar-refractivity contribution >= 4 is 80.2 Å². The summed E-state index contributed by atoms with van der Waals surface area (Å²) in [7, 11) is 0. The van der Waals surface area contributed by atoms with Gasteiger partial charge in [0.1, 0.15) is 5.57 Å². The van der Waals surface area contributed by atoms with Gasteiger partial charge >= 0.3 is 6.03 Å². The molecule has 0 spiro atoms. The Morgan fingerprint density at radius 3 is 2.50 bits per heavy atom. The molecule has 1 saturated heterocycles. The summed E-state index contributed by atoms with van der Waals surface area (Å²) < 4.78 is 1.32. The highest BCUT2D eigenvalue weighted by molar-refractivity contribution is 8.01. The van der Waals surface area contributed by atoms with Gasteiger partial charge in [0.15, 0.2) is 4.34 Å². The summed E-state index contributed by atoms with van der Waals surface area (Å²) in [5, 5.41) is 17.1. The summed E-state index contributed by atoms with van der Waals surface area (Å²) in [6.07, 6.45) is 1.22. The molecule has 2 N–H and O–H groups in total. The number of nitrogens with one attached hydrogen (secondary N) is 2. The molecule has 5 aromatic rings. The van der Waals surface area contributed by atoms with Crippen molar-refractivity contribution in [2.24, 2.45) is 0 Å². The van der Waals surface area contributed by atoms with Gasteiger partial charge in [-0.25, -0.2) is 14.7 Å². The largest absolute Gasteiger partial charge is 0.335 e. The van der Waals surface area contributed by atoms with Crippen molar-refractivity contribution in [2.75, 3.05) is 10.2 Å². The predicted molar refractivity (Wildman–Crippen MR) is 176 cm³/mol. The number of nitrogens with zero attached hydrogens (tertiary/aromatic N) is 3. The number of amides is 5. The van der Waals surface area contributed by atoms with E-state index in [0.717, 1.165) is 32.5 Å². The quantitative estimate of drug-likeness (QED) is 0.0837. The van der Waals surface area contributed by atoms with Crippen LogP contribution in [0.4, 0.5) is 21.9 Å². The Bertz CT molecular complexity index is 2120. The molecule has 2 heterocycles. The number of barbiturate groups is 1. The first-order chi connectivity index (χ1) is 22.1. The van der Waals surface area contributed by atoms with Crippen LogP contribution >= 0.6 is 23.1 Å². The molecular formula is C33H23N5O6S2. The number of benzene rings is 4. The molecule has 0 atom stereocenters. The van der Waals surface area contributed by atoms with Crippen LogP contribution in [-0.4, -0.2) is 33.7 Å². The first kappa shape index (κ1) is 30.4. The summed E-state index contributed by atoms with van der Waals surface area (Å²) in [5.41, 5.74) is 3.52. The minimum absolute atomic E-state index is 0.228. The van der Waals surface area contributed by atoms with Crippen molar-refractivity contribution in [1.29, 1.82) is 0 Å². The molecule has 0 bridgehead atoms. The lowest BCUT2D eigenvalue weighted by molar-refractivity contribution is -0.387. The maximum Gasteiger partial charge on any atom is 0.335 e. The lowest BCUT2D eigenvalue weighted by atomic mass is 10.1. The Kier molecular flexibility index (Phi) is 8.17. The molecule has 1 fully saturated rings. The average Bonchev–Trinajstić information content (AvgIpc) is 3.42. The van der Waals surface area contributed by atoms with E-state index in [-0.39, 0.29) is 28.4 Å². The molecule has 1 aliphatic heterocycles. The number of nitro benzene ring substituents is 1. The van der Waals surface area contributed by atoms with Crippen LogP contribution in [0.25, 0.3) is 16.3 Å². The van der Waals surface area contributed by atoms with Gasteiger partial charge in [0.05, 0.1) is 25.7 Å². The van der Waals surface area contributed by atoms with E-state index in [1.807, 2.05) is 26.0 Å². The van der Waals surface area contributed by atoms with Gasteiger partial charge in [-0.2, -0.15) is 0 Å². The zero-order valence-electron chi connectivity index (χ0n) is 24.3. The van der Waals surface area contributed by atoms with E-state index in [4.69, 9.17) is 0 Å². The van der Waals surface area contributed by atoms with Crippen LogP contribution in [0, 0.1) is 24.0 Å². The molecule has 1 aliphatic rings. The number of fused-ring (bicyclic) bond motifs is 1. The molecule has 1 aromatic heterocycles. The number of nitro groups is 1. The molecule has 0 aliphatic carbocycles. The highest BCUT2D eigenvalue weighted by Gasteiger charge is 2.37. The van der Waals surface area contributed by atoms with Gasteiger partial charge in [-0.1, -0.05) is 53.7 Å². The lowest BCUT2D eigenvalue weighted by Gasteiger charge is -2.26. The second-order valence-corrected chi connectivity index (χ2v) is 12.6. The topological polar surface area (TPSA) is 152 Å². The van der Waals surface area contributed by atoms with Crippen molar-refractivity contribution in [2.45, 2.75) is 23.1 Å². The Labute approximate surface area is 270 Å². The number of hydrogen-bond acceptors (Lipinski definition) is 9. The van der Waals surface area contributed by atoms with E-state index in [1.54, 1.807) is 60.7 Å². The van der Waals surface area contributed by atoms with Crippen LogP contribution < -0.4 is 15.5 Å². The number of anilines is 2. The second-order valence-electron chi connectivity index (χ2n) is 10.3. The summed E-state index contributed by atoms with van der Waals surface area (Å²) in [6.45, 7) is 3.72. The number of carbonyl (C=O) groups excluding carboxylic acids is 4. The summed E-state index contributed by atoms with van der Waals surface area (Å²) in [5.74, 6) is -1.98. The fraction of sp³-hybridized carbons (Fsp3) is 0.0606.